The maximum atomic E-state index is 13.2. The lowest BCUT2D eigenvalue weighted by Crippen LogP contribution is -2.40. The summed E-state index contributed by atoms with van der Waals surface area (Å²) < 4.78 is 2.13. The van der Waals surface area contributed by atoms with Crippen molar-refractivity contribution in [1.29, 1.82) is 0 Å². The standard InChI is InChI=1S/C22H28N4O2/c1-24-12-16-10-17(9-15(16)11-20(24)27)25(2)21(28)13-26-19-6-4-3-5-18(19)23-22(26)14-7-8-14/h3-6,14-17H,7-13H2,1-2H3/t15-,16+,17-/m0/s1. The lowest BCUT2D eigenvalue weighted by atomic mass is 9.88. The van der Waals surface area contributed by atoms with Crippen LogP contribution in [0.3, 0.4) is 0 Å². The molecule has 148 valence electrons. The highest BCUT2D eigenvalue weighted by molar-refractivity contribution is 5.81. The van der Waals surface area contributed by atoms with E-state index in [1.54, 1.807) is 0 Å². The summed E-state index contributed by atoms with van der Waals surface area (Å²) in [6.07, 6.45) is 4.93. The van der Waals surface area contributed by atoms with Crippen molar-refractivity contribution < 1.29 is 9.59 Å². The van der Waals surface area contributed by atoms with Crippen LogP contribution in [-0.4, -0.2) is 57.8 Å². The number of benzene rings is 1. The van der Waals surface area contributed by atoms with E-state index in [9.17, 15) is 9.59 Å². The van der Waals surface area contributed by atoms with E-state index in [4.69, 9.17) is 4.98 Å². The second-order valence-electron chi connectivity index (χ2n) is 8.95. The number of piperidine rings is 1. The Hall–Kier alpha value is -2.37. The van der Waals surface area contributed by atoms with Crippen LogP contribution in [0.4, 0.5) is 0 Å². The van der Waals surface area contributed by atoms with Crippen LogP contribution in [0.15, 0.2) is 24.3 Å². The third kappa shape index (κ3) is 2.99. The van der Waals surface area contributed by atoms with Crippen LogP contribution in [0, 0.1) is 11.8 Å². The third-order valence-electron chi connectivity index (χ3n) is 7.05. The van der Waals surface area contributed by atoms with Crippen LogP contribution in [0.2, 0.25) is 0 Å². The van der Waals surface area contributed by atoms with E-state index >= 15 is 0 Å². The number of rotatable bonds is 4. The van der Waals surface area contributed by atoms with Gasteiger partial charge in [0.2, 0.25) is 11.8 Å². The number of likely N-dealkylation sites (tertiary alicyclic amines) is 1. The minimum Gasteiger partial charge on any atom is -0.345 e. The molecular formula is C22H28N4O2. The lowest BCUT2D eigenvalue weighted by molar-refractivity contribution is -0.135. The van der Waals surface area contributed by atoms with Gasteiger partial charge in [0, 0.05) is 39.0 Å². The fraction of sp³-hybridized carbons (Fsp3) is 0.591. The van der Waals surface area contributed by atoms with Crippen molar-refractivity contribution in [2.24, 2.45) is 11.8 Å². The third-order valence-corrected chi connectivity index (χ3v) is 7.05. The zero-order valence-electron chi connectivity index (χ0n) is 16.7. The first-order valence-corrected chi connectivity index (χ1v) is 10.5. The van der Waals surface area contributed by atoms with Gasteiger partial charge < -0.3 is 14.4 Å². The minimum absolute atomic E-state index is 0.147. The average Bonchev–Trinajstić information content (AvgIpc) is 3.36. The number of para-hydroxylation sites is 2. The van der Waals surface area contributed by atoms with E-state index in [2.05, 4.69) is 10.6 Å². The van der Waals surface area contributed by atoms with Crippen LogP contribution in [0.1, 0.15) is 43.8 Å². The van der Waals surface area contributed by atoms with Gasteiger partial charge in [-0.1, -0.05) is 12.1 Å². The molecule has 2 aliphatic carbocycles. The van der Waals surface area contributed by atoms with Crippen LogP contribution in [0.5, 0.6) is 0 Å². The van der Waals surface area contributed by atoms with Crippen LogP contribution in [-0.2, 0) is 16.1 Å². The van der Waals surface area contributed by atoms with Gasteiger partial charge in [-0.25, -0.2) is 4.98 Å². The highest BCUT2D eigenvalue weighted by Gasteiger charge is 2.42. The molecule has 1 aromatic heterocycles. The molecule has 0 bridgehead atoms. The summed E-state index contributed by atoms with van der Waals surface area (Å²) in [4.78, 5) is 33.8. The Morgan fingerprint density at radius 2 is 1.96 bits per heavy atom. The molecule has 3 atom stereocenters. The number of hydrogen-bond acceptors (Lipinski definition) is 3. The molecule has 2 heterocycles. The monoisotopic (exact) mass is 380 g/mol. The molecule has 3 aliphatic rings. The maximum Gasteiger partial charge on any atom is 0.242 e. The Kier molecular flexibility index (Phi) is 4.18. The van der Waals surface area contributed by atoms with Gasteiger partial charge in [0.05, 0.1) is 11.0 Å². The largest absolute Gasteiger partial charge is 0.345 e. The molecule has 6 heteroatoms. The number of imidazole rings is 1. The smallest absolute Gasteiger partial charge is 0.242 e. The number of nitrogens with zero attached hydrogens (tertiary/aromatic N) is 4. The summed E-state index contributed by atoms with van der Waals surface area (Å²) in [5, 5.41) is 0. The number of hydrogen-bond donors (Lipinski definition) is 0. The molecule has 28 heavy (non-hydrogen) atoms. The summed E-state index contributed by atoms with van der Waals surface area (Å²) in [5.74, 6) is 2.92. The molecule has 3 fully saturated rings. The molecule has 0 unspecified atom stereocenters. The number of carbonyl (C=O) groups excluding carboxylic acids is 2. The Morgan fingerprint density at radius 3 is 2.75 bits per heavy atom. The highest BCUT2D eigenvalue weighted by atomic mass is 16.2. The van der Waals surface area contributed by atoms with E-state index in [1.165, 1.54) is 12.8 Å². The molecule has 5 rings (SSSR count). The van der Waals surface area contributed by atoms with Gasteiger partial charge in [0.1, 0.15) is 12.4 Å². The molecule has 1 saturated heterocycles. The number of carbonyl (C=O) groups is 2. The van der Waals surface area contributed by atoms with Crippen molar-refractivity contribution in [3.63, 3.8) is 0 Å². The molecule has 0 radical (unpaired) electrons. The minimum atomic E-state index is 0.147. The summed E-state index contributed by atoms with van der Waals surface area (Å²) in [6.45, 7) is 1.19. The zero-order valence-corrected chi connectivity index (χ0v) is 16.7. The highest BCUT2D eigenvalue weighted by Crippen LogP contribution is 2.42. The van der Waals surface area contributed by atoms with Crippen molar-refractivity contribution >= 4 is 22.8 Å². The molecule has 2 amide bonds. The predicted octanol–water partition coefficient (Wildman–Crippen LogP) is 2.63. The summed E-state index contributed by atoms with van der Waals surface area (Å²) in [7, 11) is 3.83. The molecule has 2 saturated carbocycles. The first kappa shape index (κ1) is 17.7. The van der Waals surface area contributed by atoms with E-state index < -0.39 is 0 Å². The molecule has 1 aliphatic heterocycles. The van der Waals surface area contributed by atoms with Gasteiger partial charge in [-0.05, 0) is 49.7 Å². The fourth-order valence-corrected chi connectivity index (χ4v) is 5.17. The number of aromatic nitrogens is 2. The SMILES string of the molecule is CN1C[C@H]2C[C@@H](N(C)C(=O)Cn3c(C4CC4)nc4ccccc43)C[C@H]2CC1=O. The van der Waals surface area contributed by atoms with Crippen LogP contribution in [0.25, 0.3) is 11.0 Å². The second kappa shape index (κ2) is 6.61. The van der Waals surface area contributed by atoms with E-state index in [0.29, 0.717) is 30.7 Å². The average molecular weight is 380 g/mol. The molecule has 0 N–H and O–H groups in total. The predicted molar refractivity (Wildman–Crippen MR) is 107 cm³/mol. The van der Waals surface area contributed by atoms with Gasteiger partial charge in [0.15, 0.2) is 0 Å². The summed E-state index contributed by atoms with van der Waals surface area (Å²) in [6, 6.07) is 8.35. The van der Waals surface area contributed by atoms with Gasteiger partial charge in [-0.3, -0.25) is 9.59 Å². The fourth-order valence-electron chi connectivity index (χ4n) is 5.17. The van der Waals surface area contributed by atoms with E-state index in [-0.39, 0.29) is 17.9 Å². The number of amides is 2. The van der Waals surface area contributed by atoms with Crippen LogP contribution >= 0.6 is 0 Å². The van der Waals surface area contributed by atoms with Gasteiger partial charge in [0.25, 0.3) is 0 Å². The van der Waals surface area contributed by atoms with Crippen molar-refractivity contribution in [3.05, 3.63) is 30.1 Å². The molecule has 6 nitrogen and oxygen atoms in total. The van der Waals surface area contributed by atoms with Crippen molar-refractivity contribution in [2.75, 3.05) is 20.6 Å². The molecule has 0 spiro atoms. The maximum absolute atomic E-state index is 13.2. The van der Waals surface area contributed by atoms with Gasteiger partial charge in [-0.15, -0.1) is 0 Å². The van der Waals surface area contributed by atoms with Crippen LogP contribution < -0.4 is 0 Å². The zero-order chi connectivity index (χ0) is 19.4. The Bertz CT molecular complexity index is 932. The lowest BCUT2D eigenvalue weighted by Gasteiger charge is -2.31. The van der Waals surface area contributed by atoms with Crippen molar-refractivity contribution in [1.82, 2.24) is 19.4 Å². The quantitative estimate of drug-likeness (QED) is 0.819. The molecular weight excluding hydrogens is 352 g/mol. The van der Waals surface area contributed by atoms with Crippen molar-refractivity contribution in [3.8, 4) is 0 Å². The van der Waals surface area contributed by atoms with E-state index in [0.717, 1.165) is 36.2 Å². The normalized spacial score (nSPS) is 27.3. The van der Waals surface area contributed by atoms with E-state index in [1.807, 2.05) is 42.1 Å². The molecule has 2 aromatic rings. The summed E-state index contributed by atoms with van der Waals surface area (Å²) >= 11 is 0. The number of fused-ring (bicyclic) bond motifs is 2. The topological polar surface area (TPSA) is 58.4 Å². The first-order valence-electron chi connectivity index (χ1n) is 10.5. The number of likely N-dealkylation sites (N-methyl/N-ethyl adjacent to an activating group) is 1. The van der Waals surface area contributed by atoms with Gasteiger partial charge in [-0.2, -0.15) is 0 Å². The second-order valence-corrected chi connectivity index (χ2v) is 8.95. The Morgan fingerprint density at radius 1 is 1.21 bits per heavy atom. The Labute approximate surface area is 165 Å². The Balaban J connectivity index is 1.33. The van der Waals surface area contributed by atoms with Gasteiger partial charge >= 0.3 is 0 Å². The van der Waals surface area contributed by atoms with Crippen molar-refractivity contribution in [2.45, 2.75) is 50.6 Å². The first-order chi connectivity index (χ1) is 13.5. The summed E-state index contributed by atoms with van der Waals surface area (Å²) in [5.41, 5.74) is 2.03. The molecule has 1 aromatic carbocycles.